The van der Waals surface area contributed by atoms with Crippen LogP contribution in [0.1, 0.15) is 26.2 Å². The normalized spacial score (nSPS) is 14.1. The van der Waals surface area contributed by atoms with Gasteiger partial charge in [0.05, 0.1) is 5.75 Å². The molecule has 0 spiro atoms. The summed E-state index contributed by atoms with van der Waals surface area (Å²) in [6.45, 7) is 2.91. The maximum atomic E-state index is 11.5. The number of methoxy groups -OCH3 is 1. The van der Waals surface area contributed by atoms with E-state index in [-0.39, 0.29) is 11.8 Å². The Morgan fingerprint density at radius 3 is 2.60 bits per heavy atom. The van der Waals surface area contributed by atoms with Gasteiger partial charge in [-0.15, -0.1) is 0 Å². The van der Waals surface area contributed by atoms with E-state index in [1.54, 1.807) is 7.11 Å². The van der Waals surface area contributed by atoms with Gasteiger partial charge in [-0.25, -0.2) is 13.1 Å². The van der Waals surface area contributed by atoms with Crippen LogP contribution in [0.3, 0.4) is 0 Å². The van der Waals surface area contributed by atoms with Gasteiger partial charge in [0.1, 0.15) is 0 Å². The molecule has 0 aromatic carbocycles. The van der Waals surface area contributed by atoms with E-state index in [1.165, 1.54) is 0 Å². The lowest BCUT2D eigenvalue weighted by atomic mass is 10.2. The summed E-state index contributed by atoms with van der Waals surface area (Å²) in [5.41, 5.74) is 5.35. The minimum absolute atomic E-state index is 0.0407. The fraction of sp³-hybridized carbons (Fsp3) is 1.00. The molecule has 0 saturated carbocycles. The van der Waals surface area contributed by atoms with E-state index in [4.69, 9.17) is 10.5 Å². The summed E-state index contributed by atoms with van der Waals surface area (Å²) in [6, 6.07) is -0.0407. The van der Waals surface area contributed by atoms with Crippen molar-refractivity contribution < 1.29 is 13.2 Å². The van der Waals surface area contributed by atoms with Crippen LogP contribution in [0.4, 0.5) is 0 Å². The molecule has 1 atom stereocenters. The van der Waals surface area contributed by atoms with E-state index >= 15 is 0 Å². The summed E-state index contributed by atoms with van der Waals surface area (Å²) in [7, 11) is -1.59. The summed E-state index contributed by atoms with van der Waals surface area (Å²) in [6.07, 6.45) is 2.14. The molecular formula is C9H22N2O3S. The first-order chi connectivity index (χ1) is 7.02. The van der Waals surface area contributed by atoms with Gasteiger partial charge >= 0.3 is 0 Å². The SMILES string of the molecule is COCCCS(=O)(=O)NC(C)CCCN. The van der Waals surface area contributed by atoms with Crippen molar-refractivity contribution in [1.29, 1.82) is 0 Å². The van der Waals surface area contributed by atoms with Gasteiger partial charge in [0.15, 0.2) is 0 Å². The van der Waals surface area contributed by atoms with Crippen molar-refractivity contribution in [3.63, 3.8) is 0 Å². The molecule has 3 N–H and O–H groups in total. The molecule has 1 unspecified atom stereocenters. The average molecular weight is 238 g/mol. The Morgan fingerprint density at radius 2 is 2.07 bits per heavy atom. The van der Waals surface area contributed by atoms with Crippen molar-refractivity contribution in [2.75, 3.05) is 26.0 Å². The van der Waals surface area contributed by atoms with Gasteiger partial charge < -0.3 is 10.5 Å². The molecule has 5 nitrogen and oxygen atoms in total. The lowest BCUT2D eigenvalue weighted by molar-refractivity contribution is 0.199. The monoisotopic (exact) mass is 238 g/mol. The first-order valence-electron chi connectivity index (χ1n) is 5.21. The third-order valence-electron chi connectivity index (χ3n) is 1.98. The van der Waals surface area contributed by atoms with Crippen LogP contribution in [0.25, 0.3) is 0 Å². The van der Waals surface area contributed by atoms with Gasteiger partial charge in [0.25, 0.3) is 0 Å². The molecule has 0 aliphatic carbocycles. The topological polar surface area (TPSA) is 81.4 Å². The van der Waals surface area contributed by atoms with Crippen LogP contribution < -0.4 is 10.5 Å². The molecule has 0 radical (unpaired) electrons. The smallest absolute Gasteiger partial charge is 0.211 e. The van der Waals surface area contributed by atoms with E-state index in [1.807, 2.05) is 6.92 Å². The second-order valence-corrected chi connectivity index (χ2v) is 5.49. The number of ether oxygens (including phenoxy) is 1. The maximum Gasteiger partial charge on any atom is 0.211 e. The molecule has 0 saturated heterocycles. The Balaban J connectivity index is 3.81. The lowest BCUT2D eigenvalue weighted by Gasteiger charge is -2.13. The van der Waals surface area contributed by atoms with Crippen LogP contribution in [0.2, 0.25) is 0 Å². The van der Waals surface area contributed by atoms with Gasteiger partial charge in [-0.2, -0.15) is 0 Å². The van der Waals surface area contributed by atoms with Crippen LogP contribution in [0.5, 0.6) is 0 Å². The number of hydrogen-bond donors (Lipinski definition) is 2. The van der Waals surface area contributed by atoms with Gasteiger partial charge in [0.2, 0.25) is 10.0 Å². The Kier molecular flexibility index (Phi) is 7.95. The number of sulfonamides is 1. The van der Waals surface area contributed by atoms with Crippen LogP contribution in [-0.4, -0.2) is 40.5 Å². The molecule has 0 amide bonds. The minimum Gasteiger partial charge on any atom is -0.385 e. The second kappa shape index (κ2) is 8.04. The van der Waals surface area contributed by atoms with Gasteiger partial charge in [-0.05, 0) is 32.7 Å². The maximum absolute atomic E-state index is 11.5. The zero-order chi connectivity index (χ0) is 11.7. The van der Waals surface area contributed by atoms with Gasteiger partial charge in [-0.1, -0.05) is 0 Å². The number of hydrogen-bond acceptors (Lipinski definition) is 4. The summed E-state index contributed by atoms with van der Waals surface area (Å²) < 4.78 is 30.4. The largest absolute Gasteiger partial charge is 0.385 e. The molecule has 0 bridgehead atoms. The first kappa shape index (κ1) is 14.8. The molecule has 6 heteroatoms. The second-order valence-electron chi connectivity index (χ2n) is 3.62. The molecule has 15 heavy (non-hydrogen) atoms. The van der Waals surface area contributed by atoms with Crippen molar-refractivity contribution in [2.24, 2.45) is 5.73 Å². The molecular weight excluding hydrogens is 216 g/mol. The Hall–Kier alpha value is -0.170. The highest BCUT2D eigenvalue weighted by Crippen LogP contribution is 1.99. The number of nitrogens with two attached hydrogens (primary N) is 1. The van der Waals surface area contributed by atoms with Crippen LogP contribution in [-0.2, 0) is 14.8 Å². The van der Waals surface area contributed by atoms with Gasteiger partial charge in [-0.3, -0.25) is 0 Å². The third kappa shape index (κ3) is 8.80. The molecule has 0 aromatic heterocycles. The molecule has 92 valence electrons. The fourth-order valence-corrected chi connectivity index (χ4v) is 2.59. The van der Waals surface area contributed by atoms with Crippen molar-refractivity contribution in [2.45, 2.75) is 32.2 Å². The van der Waals surface area contributed by atoms with Gasteiger partial charge in [0, 0.05) is 19.8 Å². The highest BCUT2D eigenvalue weighted by Gasteiger charge is 2.13. The molecule has 0 rings (SSSR count). The molecule has 0 fully saturated rings. The fourth-order valence-electron chi connectivity index (χ4n) is 1.24. The molecule has 0 aromatic rings. The van der Waals surface area contributed by atoms with E-state index < -0.39 is 10.0 Å². The van der Waals surface area contributed by atoms with E-state index in [9.17, 15) is 8.42 Å². The lowest BCUT2D eigenvalue weighted by Crippen LogP contribution is -2.34. The molecule has 0 aliphatic heterocycles. The Labute approximate surface area is 92.4 Å². The van der Waals surface area contributed by atoms with Crippen molar-refractivity contribution >= 4 is 10.0 Å². The van der Waals surface area contributed by atoms with Crippen LogP contribution >= 0.6 is 0 Å². The van der Waals surface area contributed by atoms with Crippen LogP contribution in [0.15, 0.2) is 0 Å². The summed E-state index contributed by atoms with van der Waals surface area (Å²) in [4.78, 5) is 0. The predicted molar refractivity (Wildman–Crippen MR) is 61.2 cm³/mol. The molecule has 0 heterocycles. The predicted octanol–water partition coefficient (Wildman–Crippen LogP) is 0.0697. The first-order valence-corrected chi connectivity index (χ1v) is 6.86. The van der Waals surface area contributed by atoms with Crippen molar-refractivity contribution in [3.8, 4) is 0 Å². The summed E-state index contributed by atoms with van der Waals surface area (Å²) >= 11 is 0. The highest BCUT2D eigenvalue weighted by atomic mass is 32.2. The zero-order valence-corrected chi connectivity index (χ0v) is 10.3. The quantitative estimate of drug-likeness (QED) is 0.557. The van der Waals surface area contributed by atoms with E-state index in [0.717, 1.165) is 12.8 Å². The highest BCUT2D eigenvalue weighted by molar-refractivity contribution is 7.89. The van der Waals surface area contributed by atoms with E-state index in [2.05, 4.69) is 4.72 Å². The average Bonchev–Trinajstić information content (AvgIpc) is 2.14. The minimum atomic E-state index is -3.15. The Morgan fingerprint density at radius 1 is 1.40 bits per heavy atom. The zero-order valence-electron chi connectivity index (χ0n) is 9.53. The van der Waals surface area contributed by atoms with Crippen LogP contribution in [0, 0.1) is 0 Å². The van der Waals surface area contributed by atoms with E-state index in [0.29, 0.717) is 19.6 Å². The van der Waals surface area contributed by atoms with Crippen molar-refractivity contribution in [3.05, 3.63) is 0 Å². The Bertz CT molecular complexity index is 242. The van der Waals surface area contributed by atoms with Crippen molar-refractivity contribution in [1.82, 2.24) is 4.72 Å². The summed E-state index contributed by atoms with van der Waals surface area (Å²) in [5, 5.41) is 0. The standard InChI is InChI=1S/C9H22N2O3S/c1-9(5-3-6-10)11-15(12,13)8-4-7-14-2/h9,11H,3-8,10H2,1-2H3. The molecule has 0 aliphatic rings. The number of rotatable bonds is 9. The summed E-state index contributed by atoms with van der Waals surface area (Å²) in [5.74, 6) is 0.119. The third-order valence-corrected chi connectivity index (χ3v) is 3.57. The number of nitrogens with one attached hydrogen (secondary N) is 1.